The highest BCUT2D eigenvalue weighted by molar-refractivity contribution is 6.02. The fraction of sp³-hybridized carbons (Fsp3) is 0.320. The van der Waals surface area contributed by atoms with E-state index in [-0.39, 0.29) is 32.2 Å². The van der Waals surface area contributed by atoms with Crippen molar-refractivity contribution in [2.45, 2.75) is 13.0 Å². The number of hydrogen-bond acceptors (Lipinski definition) is 4. The summed E-state index contributed by atoms with van der Waals surface area (Å²) >= 11 is 0. The lowest BCUT2D eigenvalue weighted by Gasteiger charge is -2.21. The molecule has 0 saturated carbocycles. The number of rotatable bonds is 8. The summed E-state index contributed by atoms with van der Waals surface area (Å²) in [5, 5.41) is 20.5. The summed E-state index contributed by atoms with van der Waals surface area (Å²) in [7, 11) is 4.15. The molecular weight excluding hydrogens is 376 g/mol. The van der Waals surface area contributed by atoms with Crippen molar-refractivity contribution in [1.29, 1.82) is 0 Å². The number of benzene rings is 3. The highest BCUT2D eigenvalue weighted by atomic mass is 16.3. The molecular formula is C25H30N2O3. The van der Waals surface area contributed by atoms with Gasteiger partial charge in [0.1, 0.15) is 0 Å². The molecule has 0 aliphatic rings. The lowest BCUT2D eigenvalue weighted by atomic mass is 9.95. The van der Waals surface area contributed by atoms with Crippen molar-refractivity contribution in [3.8, 4) is 11.1 Å². The van der Waals surface area contributed by atoms with Crippen LogP contribution >= 0.6 is 0 Å². The molecule has 3 rings (SSSR count). The standard InChI is InChI=1S/C25H30N2O3/c1-18(26(2)3)19-7-9-20(10-8-19)23-6-4-5-21-17-22(11-12-24(21)23)25(30)27(13-15-28)14-16-29/h4-12,17-18,28-29H,13-16H2,1-3H3. The highest BCUT2D eigenvalue weighted by Crippen LogP contribution is 2.31. The molecule has 1 atom stereocenters. The van der Waals surface area contributed by atoms with E-state index in [1.54, 1.807) is 0 Å². The Morgan fingerprint density at radius 1 is 0.933 bits per heavy atom. The van der Waals surface area contributed by atoms with E-state index in [1.165, 1.54) is 10.5 Å². The minimum atomic E-state index is -0.188. The number of aliphatic hydroxyl groups excluding tert-OH is 2. The van der Waals surface area contributed by atoms with Crippen LogP contribution in [0.25, 0.3) is 21.9 Å². The van der Waals surface area contributed by atoms with Crippen molar-refractivity contribution in [2.24, 2.45) is 0 Å². The van der Waals surface area contributed by atoms with E-state index in [4.69, 9.17) is 0 Å². The van der Waals surface area contributed by atoms with Gasteiger partial charge in [-0.2, -0.15) is 0 Å². The maximum absolute atomic E-state index is 12.8. The number of amides is 1. The summed E-state index contributed by atoms with van der Waals surface area (Å²) in [5.74, 6) is -0.188. The first-order chi connectivity index (χ1) is 14.5. The van der Waals surface area contributed by atoms with Gasteiger partial charge >= 0.3 is 0 Å². The third kappa shape index (κ3) is 4.70. The Labute approximate surface area is 178 Å². The molecule has 158 valence electrons. The Bertz CT molecular complexity index is 993. The lowest BCUT2D eigenvalue weighted by molar-refractivity contribution is 0.0685. The molecule has 0 fully saturated rings. The van der Waals surface area contributed by atoms with E-state index in [2.05, 4.69) is 56.3 Å². The van der Waals surface area contributed by atoms with Gasteiger partial charge in [0.15, 0.2) is 0 Å². The van der Waals surface area contributed by atoms with Crippen LogP contribution in [-0.2, 0) is 0 Å². The monoisotopic (exact) mass is 406 g/mol. The van der Waals surface area contributed by atoms with E-state index in [9.17, 15) is 15.0 Å². The van der Waals surface area contributed by atoms with Gasteiger partial charge in [0.05, 0.1) is 13.2 Å². The maximum Gasteiger partial charge on any atom is 0.254 e. The third-order valence-electron chi connectivity index (χ3n) is 5.63. The quantitative estimate of drug-likeness (QED) is 0.600. The Morgan fingerprint density at radius 3 is 2.20 bits per heavy atom. The van der Waals surface area contributed by atoms with Crippen molar-refractivity contribution in [2.75, 3.05) is 40.4 Å². The smallest absolute Gasteiger partial charge is 0.254 e. The van der Waals surface area contributed by atoms with Crippen molar-refractivity contribution in [1.82, 2.24) is 9.80 Å². The summed E-state index contributed by atoms with van der Waals surface area (Å²) in [6.45, 7) is 2.32. The van der Waals surface area contributed by atoms with Gasteiger partial charge in [0, 0.05) is 24.7 Å². The highest BCUT2D eigenvalue weighted by Gasteiger charge is 2.16. The van der Waals surface area contributed by atoms with Crippen LogP contribution in [0, 0.1) is 0 Å². The number of hydrogen-bond donors (Lipinski definition) is 2. The molecule has 0 aromatic heterocycles. The van der Waals surface area contributed by atoms with Gasteiger partial charge in [-0.1, -0.05) is 48.5 Å². The molecule has 0 bridgehead atoms. The van der Waals surface area contributed by atoms with Crippen LogP contribution in [-0.4, -0.2) is 66.3 Å². The molecule has 2 N–H and O–H groups in total. The van der Waals surface area contributed by atoms with Gasteiger partial charge in [-0.25, -0.2) is 0 Å². The second-order valence-electron chi connectivity index (χ2n) is 7.74. The third-order valence-corrected chi connectivity index (χ3v) is 5.63. The zero-order chi connectivity index (χ0) is 21.7. The topological polar surface area (TPSA) is 64.0 Å². The van der Waals surface area contributed by atoms with Crippen LogP contribution in [0.2, 0.25) is 0 Å². The summed E-state index contributed by atoms with van der Waals surface area (Å²) in [6, 6.07) is 20.7. The average Bonchev–Trinajstić information content (AvgIpc) is 2.77. The Balaban J connectivity index is 1.94. The second kappa shape index (κ2) is 9.85. The Morgan fingerprint density at radius 2 is 1.60 bits per heavy atom. The van der Waals surface area contributed by atoms with Gasteiger partial charge in [-0.15, -0.1) is 0 Å². The Kier molecular flexibility index (Phi) is 7.21. The largest absolute Gasteiger partial charge is 0.395 e. The molecule has 5 heteroatoms. The normalized spacial score (nSPS) is 12.3. The summed E-state index contributed by atoms with van der Waals surface area (Å²) in [5.41, 5.74) is 4.08. The first kappa shape index (κ1) is 22.0. The predicted octanol–water partition coefficient (Wildman–Crippen LogP) is 3.56. The van der Waals surface area contributed by atoms with Gasteiger partial charge in [0.2, 0.25) is 0 Å². The summed E-state index contributed by atoms with van der Waals surface area (Å²) < 4.78 is 0. The van der Waals surface area contributed by atoms with Gasteiger partial charge in [0.25, 0.3) is 5.91 Å². The van der Waals surface area contributed by atoms with Crippen LogP contribution in [0.5, 0.6) is 0 Å². The second-order valence-corrected chi connectivity index (χ2v) is 7.74. The SMILES string of the molecule is CC(c1ccc(-c2cccc3cc(C(=O)N(CCO)CCO)ccc23)cc1)N(C)C. The minimum Gasteiger partial charge on any atom is -0.395 e. The fourth-order valence-electron chi connectivity index (χ4n) is 3.65. The van der Waals surface area contributed by atoms with Crippen molar-refractivity contribution >= 4 is 16.7 Å². The van der Waals surface area contributed by atoms with Gasteiger partial charge < -0.3 is 20.0 Å². The zero-order valence-electron chi connectivity index (χ0n) is 17.9. The molecule has 30 heavy (non-hydrogen) atoms. The molecule has 5 nitrogen and oxygen atoms in total. The average molecular weight is 407 g/mol. The zero-order valence-corrected chi connectivity index (χ0v) is 17.9. The minimum absolute atomic E-state index is 0.133. The lowest BCUT2D eigenvalue weighted by Crippen LogP contribution is -2.35. The van der Waals surface area contributed by atoms with Crippen molar-refractivity contribution in [3.05, 3.63) is 71.8 Å². The Hall–Kier alpha value is -2.73. The molecule has 0 aliphatic carbocycles. The first-order valence-electron chi connectivity index (χ1n) is 10.3. The van der Waals surface area contributed by atoms with E-state index in [1.807, 2.05) is 30.3 Å². The maximum atomic E-state index is 12.8. The van der Waals surface area contributed by atoms with Gasteiger partial charge in [-0.05, 0) is 60.6 Å². The van der Waals surface area contributed by atoms with Crippen molar-refractivity contribution in [3.63, 3.8) is 0 Å². The van der Waals surface area contributed by atoms with Crippen LogP contribution in [0.15, 0.2) is 60.7 Å². The number of nitrogens with zero attached hydrogens (tertiary/aromatic N) is 2. The molecule has 0 spiro atoms. The van der Waals surface area contributed by atoms with E-state index in [0.29, 0.717) is 11.6 Å². The van der Waals surface area contributed by atoms with Crippen LogP contribution in [0.1, 0.15) is 28.9 Å². The fourth-order valence-corrected chi connectivity index (χ4v) is 3.65. The molecule has 0 saturated heterocycles. The summed E-state index contributed by atoms with van der Waals surface area (Å²) in [4.78, 5) is 16.4. The molecule has 0 heterocycles. The van der Waals surface area contributed by atoms with Crippen molar-refractivity contribution < 1.29 is 15.0 Å². The number of carbonyl (C=O) groups excluding carboxylic acids is 1. The number of carbonyl (C=O) groups is 1. The number of fused-ring (bicyclic) bond motifs is 1. The van der Waals surface area contributed by atoms with Gasteiger partial charge in [-0.3, -0.25) is 4.79 Å². The van der Waals surface area contributed by atoms with E-state index < -0.39 is 0 Å². The summed E-state index contributed by atoms with van der Waals surface area (Å²) in [6.07, 6.45) is 0. The van der Waals surface area contributed by atoms with Crippen LogP contribution < -0.4 is 0 Å². The predicted molar refractivity (Wildman–Crippen MR) is 122 cm³/mol. The first-order valence-corrected chi connectivity index (χ1v) is 10.3. The molecule has 3 aromatic rings. The number of aliphatic hydroxyl groups is 2. The molecule has 0 aliphatic heterocycles. The molecule has 1 amide bonds. The van der Waals surface area contributed by atoms with E-state index >= 15 is 0 Å². The van der Waals surface area contributed by atoms with E-state index in [0.717, 1.165) is 21.9 Å². The molecule has 0 radical (unpaired) electrons. The van der Waals surface area contributed by atoms with Crippen LogP contribution in [0.3, 0.4) is 0 Å². The molecule has 1 unspecified atom stereocenters. The van der Waals surface area contributed by atoms with Crippen LogP contribution in [0.4, 0.5) is 0 Å². The molecule has 3 aromatic carbocycles.